The standard InChI is InChI=1S/C17H19F2NO4/c1-10(2)7-14(17(22)23-3)20-9-11(8-15(20)21)24-16-12(18)5-4-6-13(16)19/h4-6,8,10,14H,7,9H2,1-3H3. The molecule has 1 aliphatic heterocycles. The molecular formula is C17H19F2NO4. The molecule has 1 amide bonds. The topological polar surface area (TPSA) is 55.8 Å². The second-order valence-electron chi connectivity index (χ2n) is 5.90. The molecule has 0 aliphatic carbocycles. The van der Waals surface area contributed by atoms with Crippen molar-refractivity contribution in [2.24, 2.45) is 5.92 Å². The van der Waals surface area contributed by atoms with Gasteiger partial charge < -0.3 is 14.4 Å². The molecule has 24 heavy (non-hydrogen) atoms. The molecule has 1 aromatic carbocycles. The first-order chi connectivity index (χ1) is 11.3. The molecule has 0 aromatic heterocycles. The van der Waals surface area contributed by atoms with E-state index in [9.17, 15) is 18.4 Å². The fraction of sp³-hybridized carbons (Fsp3) is 0.412. The number of nitrogens with zero attached hydrogens (tertiary/aromatic N) is 1. The molecule has 1 aliphatic rings. The van der Waals surface area contributed by atoms with Crippen LogP contribution in [0.5, 0.6) is 5.75 Å². The van der Waals surface area contributed by atoms with Gasteiger partial charge in [0.2, 0.25) is 0 Å². The van der Waals surface area contributed by atoms with Crippen LogP contribution < -0.4 is 4.74 Å². The first-order valence-electron chi connectivity index (χ1n) is 7.54. The Hall–Kier alpha value is -2.44. The monoisotopic (exact) mass is 339 g/mol. The Morgan fingerprint density at radius 2 is 1.92 bits per heavy atom. The number of rotatable bonds is 6. The minimum absolute atomic E-state index is 0.0565. The fourth-order valence-electron chi connectivity index (χ4n) is 2.48. The predicted molar refractivity (Wildman–Crippen MR) is 82.0 cm³/mol. The van der Waals surface area contributed by atoms with Crippen molar-refractivity contribution in [2.45, 2.75) is 26.3 Å². The number of carbonyl (C=O) groups is 2. The maximum Gasteiger partial charge on any atom is 0.328 e. The van der Waals surface area contributed by atoms with Crippen LogP contribution in [0.25, 0.3) is 0 Å². The Morgan fingerprint density at radius 1 is 1.29 bits per heavy atom. The Kier molecular flexibility index (Phi) is 5.54. The number of methoxy groups -OCH3 is 1. The molecule has 0 radical (unpaired) electrons. The summed E-state index contributed by atoms with van der Waals surface area (Å²) < 4.78 is 37.2. The molecule has 5 nitrogen and oxygen atoms in total. The van der Waals surface area contributed by atoms with Gasteiger partial charge in [0.05, 0.1) is 13.7 Å². The van der Waals surface area contributed by atoms with Crippen molar-refractivity contribution in [3.63, 3.8) is 0 Å². The minimum Gasteiger partial charge on any atom is -0.467 e. The Morgan fingerprint density at radius 3 is 2.46 bits per heavy atom. The molecule has 0 saturated carbocycles. The van der Waals surface area contributed by atoms with Crippen molar-refractivity contribution in [3.05, 3.63) is 41.7 Å². The molecule has 1 unspecified atom stereocenters. The van der Waals surface area contributed by atoms with Crippen molar-refractivity contribution >= 4 is 11.9 Å². The normalized spacial score (nSPS) is 15.5. The average Bonchev–Trinajstić information content (AvgIpc) is 2.88. The lowest BCUT2D eigenvalue weighted by atomic mass is 10.0. The lowest BCUT2D eigenvalue weighted by Gasteiger charge is -2.27. The number of hydrogen-bond acceptors (Lipinski definition) is 4. The molecule has 0 fully saturated rings. The number of esters is 1. The van der Waals surface area contributed by atoms with Gasteiger partial charge in [-0.05, 0) is 24.5 Å². The van der Waals surface area contributed by atoms with Crippen LogP contribution in [0.3, 0.4) is 0 Å². The van der Waals surface area contributed by atoms with E-state index < -0.39 is 35.3 Å². The highest BCUT2D eigenvalue weighted by Crippen LogP contribution is 2.26. The van der Waals surface area contributed by atoms with E-state index >= 15 is 0 Å². The summed E-state index contributed by atoms with van der Waals surface area (Å²) in [7, 11) is 1.25. The van der Waals surface area contributed by atoms with Crippen LogP contribution in [0, 0.1) is 17.6 Å². The Bertz CT molecular complexity index is 652. The van der Waals surface area contributed by atoms with E-state index in [0.717, 1.165) is 18.2 Å². The van der Waals surface area contributed by atoms with Gasteiger partial charge in [-0.25, -0.2) is 13.6 Å². The minimum atomic E-state index is -0.867. The van der Waals surface area contributed by atoms with E-state index in [0.29, 0.717) is 6.42 Å². The van der Waals surface area contributed by atoms with Crippen molar-refractivity contribution in [1.29, 1.82) is 0 Å². The van der Waals surface area contributed by atoms with E-state index in [2.05, 4.69) is 0 Å². The van der Waals surface area contributed by atoms with Crippen molar-refractivity contribution in [1.82, 2.24) is 4.90 Å². The number of ether oxygens (including phenoxy) is 2. The summed E-state index contributed by atoms with van der Waals surface area (Å²) in [6.45, 7) is 3.77. The van der Waals surface area contributed by atoms with Crippen LogP contribution in [0.15, 0.2) is 30.0 Å². The van der Waals surface area contributed by atoms with Gasteiger partial charge in [-0.1, -0.05) is 19.9 Å². The second-order valence-corrected chi connectivity index (χ2v) is 5.90. The van der Waals surface area contributed by atoms with Crippen LogP contribution in [0.4, 0.5) is 8.78 Å². The average molecular weight is 339 g/mol. The Balaban J connectivity index is 2.16. The van der Waals surface area contributed by atoms with Crippen molar-refractivity contribution < 1.29 is 27.8 Å². The van der Waals surface area contributed by atoms with E-state index in [1.165, 1.54) is 18.1 Å². The summed E-state index contributed by atoms with van der Waals surface area (Å²) in [4.78, 5) is 25.4. The van der Waals surface area contributed by atoms with Gasteiger partial charge in [0, 0.05) is 6.08 Å². The number of halogens is 2. The number of hydrogen-bond donors (Lipinski definition) is 0. The van der Waals surface area contributed by atoms with Gasteiger partial charge in [-0.2, -0.15) is 0 Å². The maximum atomic E-state index is 13.6. The zero-order chi connectivity index (χ0) is 17.9. The molecule has 0 saturated heterocycles. The smallest absolute Gasteiger partial charge is 0.328 e. The summed E-state index contributed by atoms with van der Waals surface area (Å²) in [6.07, 6.45) is 1.54. The number of carbonyl (C=O) groups excluding carboxylic acids is 2. The highest BCUT2D eigenvalue weighted by atomic mass is 19.1. The van der Waals surface area contributed by atoms with Crippen LogP contribution in [0.1, 0.15) is 20.3 Å². The van der Waals surface area contributed by atoms with Crippen LogP contribution >= 0.6 is 0 Å². The summed E-state index contributed by atoms with van der Waals surface area (Å²) in [5, 5.41) is 0. The van der Waals surface area contributed by atoms with Gasteiger partial charge in [0.25, 0.3) is 5.91 Å². The van der Waals surface area contributed by atoms with E-state index in [1.807, 2.05) is 13.8 Å². The summed E-state index contributed by atoms with van der Waals surface area (Å²) in [6, 6.07) is 2.56. The molecule has 1 heterocycles. The third-order valence-corrected chi connectivity index (χ3v) is 3.59. The summed E-state index contributed by atoms with van der Waals surface area (Å²) in [5.41, 5.74) is 0. The molecule has 7 heteroatoms. The summed E-state index contributed by atoms with van der Waals surface area (Å²) >= 11 is 0. The fourth-order valence-corrected chi connectivity index (χ4v) is 2.48. The summed E-state index contributed by atoms with van der Waals surface area (Å²) in [5.74, 6) is -3.09. The van der Waals surface area contributed by atoms with Crippen LogP contribution in [-0.4, -0.2) is 36.5 Å². The van der Waals surface area contributed by atoms with Gasteiger partial charge in [-0.3, -0.25) is 4.79 Å². The second kappa shape index (κ2) is 7.42. The third kappa shape index (κ3) is 3.90. The Labute approximate surface area is 138 Å². The molecule has 130 valence electrons. The van der Waals surface area contributed by atoms with Gasteiger partial charge >= 0.3 is 5.97 Å². The molecule has 0 bridgehead atoms. The SMILES string of the molecule is COC(=O)C(CC(C)C)N1CC(Oc2c(F)cccc2F)=CC1=O. The van der Waals surface area contributed by atoms with E-state index in [4.69, 9.17) is 9.47 Å². The zero-order valence-electron chi connectivity index (χ0n) is 13.7. The predicted octanol–water partition coefficient (Wildman–Crippen LogP) is 2.66. The number of para-hydroxylation sites is 1. The zero-order valence-corrected chi connectivity index (χ0v) is 13.7. The highest BCUT2D eigenvalue weighted by Gasteiger charge is 2.35. The van der Waals surface area contributed by atoms with Gasteiger partial charge in [0.1, 0.15) is 11.8 Å². The van der Waals surface area contributed by atoms with Crippen molar-refractivity contribution in [3.8, 4) is 5.75 Å². The quantitative estimate of drug-likeness (QED) is 0.748. The number of benzene rings is 1. The first-order valence-corrected chi connectivity index (χ1v) is 7.54. The lowest BCUT2D eigenvalue weighted by molar-refractivity contribution is -0.151. The third-order valence-electron chi connectivity index (χ3n) is 3.59. The molecular weight excluding hydrogens is 320 g/mol. The molecule has 1 atom stereocenters. The van der Waals surface area contributed by atoms with Gasteiger partial charge in [-0.15, -0.1) is 0 Å². The van der Waals surface area contributed by atoms with Gasteiger partial charge in [0.15, 0.2) is 17.4 Å². The molecule has 1 aromatic rings. The molecule has 0 spiro atoms. The maximum absolute atomic E-state index is 13.6. The largest absolute Gasteiger partial charge is 0.467 e. The van der Waals surface area contributed by atoms with E-state index in [-0.39, 0.29) is 18.2 Å². The lowest BCUT2D eigenvalue weighted by Crippen LogP contribution is -2.44. The first kappa shape index (κ1) is 17.9. The van der Waals surface area contributed by atoms with Crippen LogP contribution in [-0.2, 0) is 14.3 Å². The van der Waals surface area contributed by atoms with Crippen LogP contribution in [0.2, 0.25) is 0 Å². The molecule has 2 rings (SSSR count). The molecule has 0 N–H and O–H groups in total. The highest BCUT2D eigenvalue weighted by molar-refractivity contribution is 5.94. The number of amides is 1. The van der Waals surface area contributed by atoms with E-state index in [1.54, 1.807) is 0 Å². The van der Waals surface area contributed by atoms with Crippen molar-refractivity contribution in [2.75, 3.05) is 13.7 Å².